The molecule has 0 radical (unpaired) electrons. The number of carbonyl (C=O) groups excluding carboxylic acids is 2. The highest BCUT2D eigenvalue weighted by Crippen LogP contribution is 2.22. The topological polar surface area (TPSA) is 69.6 Å². The third-order valence-electron chi connectivity index (χ3n) is 4.48. The number of rotatable bonds is 4. The number of nitrogens with zero attached hydrogens (tertiary/aromatic N) is 1. The van der Waals surface area contributed by atoms with Crippen molar-refractivity contribution in [2.45, 2.75) is 64.5 Å². The van der Waals surface area contributed by atoms with Crippen LogP contribution in [0.3, 0.4) is 0 Å². The number of likely N-dealkylation sites (tertiary alicyclic amines) is 1. The zero-order chi connectivity index (χ0) is 15.4. The minimum Gasteiger partial charge on any atom is -0.391 e. The standard InChI is InChI=1S/C16H28N2O3/c1-11(2)9-18-10-12(8-15(18)20)16(21)17-13-6-4-3-5-7-14(13)19/h11-14,19H,3-10H2,1-2H3,(H,17,21). The molecule has 1 heterocycles. The van der Waals surface area contributed by atoms with E-state index < -0.39 is 6.10 Å². The van der Waals surface area contributed by atoms with Crippen LogP contribution in [0.4, 0.5) is 0 Å². The van der Waals surface area contributed by atoms with Crippen LogP contribution >= 0.6 is 0 Å². The van der Waals surface area contributed by atoms with Crippen LogP contribution in [0, 0.1) is 11.8 Å². The van der Waals surface area contributed by atoms with Crippen molar-refractivity contribution >= 4 is 11.8 Å². The second-order valence-electron chi connectivity index (χ2n) is 6.91. The summed E-state index contributed by atoms with van der Waals surface area (Å²) in [6, 6.07) is -0.144. The van der Waals surface area contributed by atoms with Crippen LogP contribution in [0.5, 0.6) is 0 Å². The Morgan fingerprint density at radius 2 is 2.05 bits per heavy atom. The first-order chi connectivity index (χ1) is 9.97. The lowest BCUT2D eigenvalue weighted by molar-refractivity contribution is -0.129. The molecule has 2 rings (SSSR count). The average Bonchev–Trinajstić information content (AvgIpc) is 2.64. The molecule has 0 spiro atoms. The van der Waals surface area contributed by atoms with Gasteiger partial charge in [0.15, 0.2) is 0 Å². The van der Waals surface area contributed by atoms with E-state index in [0.29, 0.717) is 25.4 Å². The molecule has 3 unspecified atom stereocenters. The SMILES string of the molecule is CC(C)CN1CC(C(=O)NC2CCCCCC2O)CC1=O. The van der Waals surface area contributed by atoms with Gasteiger partial charge in [0.05, 0.1) is 18.1 Å². The Hall–Kier alpha value is -1.10. The van der Waals surface area contributed by atoms with E-state index in [9.17, 15) is 14.7 Å². The van der Waals surface area contributed by atoms with Crippen LogP contribution in [-0.4, -0.2) is 47.1 Å². The molecule has 1 aliphatic heterocycles. The van der Waals surface area contributed by atoms with E-state index in [1.54, 1.807) is 4.90 Å². The molecule has 5 heteroatoms. The van der Waals surface area contributed by atoms with Crippen molar-refractivity contribution in [2.75, 3.05) is 13.1 Å². The number of amides is 2. The van der Waals surface area contributed by atoms with Crippen LogP contribution in [0.1, 0.15) is 52.4 Å². The van der Waals surface area contributed by atoms with Gasteiger partial charge in [0.25, 0.3) is 0 Å². The maximum Gasteiger partial charge on any atom is 0.225 e. The van der Waals surface area contributed by atoms with Gasteiger partial charge < -0.3 is 15.3 Å². The second kappa shape index (κ2) is 7.25. The molecule has 2 amide bonds. The van der Waals surface area contributed by atoms with Gasteiger partial charge in [0.1, 0.15) is 0 Å². The van der Waals surface area contributed by atoms with Gasteiger partial charge in [-0.25, -0.2) is 0 Å². The summed E-state index contributed by atoms with van der Waals surface area (Å²) in [5.74, 6) is 0.164. The normalized spacial score (nSPS) is 30.6. The Balaban J connectivity index is 1.87. The quantitative estimate of drug-likeness (QED) is 0.768. The molecule has 2 fully saturated rings. The first-order valence-corrected chi connectivity index (χ1v) is 8.23. The maximum absolute atomic E-state index is 12.3. The number of hydrogen-bond acceptors (Lipinski definition) is 3. The molecule has 0 aromatic carbocycles. The third-order valence-corrected chi connectivity index (χ3v) is 4.48. The van der Waals surface area contributed by atoms with E-state index in [1.807, 2.05) is 0 Å². The number of hydrogen-bond donors (Lipinski definition) is 2. The van der Waals surface area contributed by atoms with E-state index in [2.05, 4.69) is 19.2 Å². The summed E-state index contributed by atoms with van der Waals surface area (Å²) < 4.78 is 0. The van der Waals surface area contributed by atoms with Crippen molar-refractivity contribution in [2.24, 2.45) is 11.8 Å². The summed E-state index contributed by atoms with van der Waals surface area (Å²) in [4.78, 5) is 26.1. The third kappa shape index (κ3) is 4.43. The molecule has 0 aromatic heterocycles. The predicted molar refractivity (Wildman–Crippen MR) is 80.5 cm³/mol. The zero-order valence-electron chi connectivity index (χ0n) is 13.2. The Bertz CT molecular complexity index is 384. The van der Waals surface area contributed by atoms with E-state index in [1.165, 1.54) is 0 Å². The Kier molecular flexibility index (Phi) is 5.62. The summed E-state index contributed by atoms with van der Waals surface area (Å²) >= 11 is 0. The van der Waals surface area contributed by atoms with Crippen LogP contribution in [0.25, 0.3) is 0 Å². The molecule has 1 saturated heterocycles. The van der Waals surface area contributed by atoms with Crippen molar-refractivity contribution < 1.29 is 14.7 Å². The minimum atomic E-state index is -0.444. The largest absolute Gasteiger partial charge is 0.391 e. The van der Waals surface area contributed by atoms with Gasteiger partial charge in [-0.3, -0.25) is 9.59 Å². The number of aliphatic hydroxyl groups is 1. The van der Waals surface area contributed by atoms with Crippen molar-refractivity contribution in [3.63, 3.8) is 0 Å². The van der Waals surface area contributed by atoms with Crippen molar-refractivity contribution in [3.8, 4) is 0 Å². The number of nitrogens with one attached hydrogen (secondary N) is 1. The fourth-order valence-corrected chi connectivity index (χ4v) is 3.32. The molecule has 120 valence electrons. The van der Waals surface area contributed by atoms with Crippen molar-refractivity contribution in [1.82, 2.24) is 10.2 Å². The summed E-state index contributed by atoms with van der Waals surface area (Å²) in [6.45, 7) is 5.38. The lowest BCUT2D eigenvalue weighted by Gasteiger charge is -2.24. The second-order valence-corrected chi connectivity index (χ2v) is 6.91. The molecule has 2 N–H and O–H groups in total. The Morgan fingerprint density at radius 3 is 2.76 bits per heavy atom. The highest BCUT2D eigenvalue weighted by Gasteiger charge is 2.35. The molecular formula is C16H28N2O3. The lowest BCUT2D eigenvalue weighted by atomic mass is 10.0. The molecule has 5 nitrogen and oxygen atoms in total. The summed E-state index contributed by atoms with van der Waals surface area (Å²) in [7, 11) is 0. The van der Waals surface area contributed by atoms with Gasteiger partial charge in [0, 0.05) is 19.5 Å². The number of aliphatic hydroxyl groups excluding tert-OH is 1. The van der Waals surface area contributed by atoms with E-state index in [0.717, 1.165) is 32.1 Å². The molecule has 0 bridgehead atoms. The molecule has 1 saturated carbocycles. The molecule has 0 aromatic rings. The summed E-state index contributed by atoms with van der Waals surface area (Å²) in [5, 5.41) is 13.0. The highest BCUT2D eigenvalue weighted by atomic mass is 16.3. The van der Waals surface area contributed by atoms with Gasteiger partial charge in [-0.05, 0) is 18.8 Å². The number of carbonyl (C=O) groups is 2. The molecule has 2 aliphatic rings. The monoisotopic (exact) mass is 296 g/mol. The molecular weight excluding hydrogens is 268 g/mol. The molecule has 21 heavy (non-hydrogen) atoms. The highest BCUT2D eigenvalue weighted by molar-refractivity contribution is 5.89. The predicted octanol–water partition coefficient (Wildman–Crippen LogP) is 1.30. The van der Waals surface area contributed by atoms with Crippen molar-refractivity contribution in [3.05, 3.63) is 0 Å². The van der Waals surface area contributed by atoms with Crippen molar-refractivity contribution in [1.29, 1.82) is 0 Å². The summed E-state index contributed by atoms with van der Waals surface area (Å²) in [5.41, 5.74) is 0. The fourth-order valence-electron chi connectivity index (χ4n) is 3.32. The first kappa shape index (κ1) is 16.3. The van der Waals surface area contributed by atoms with Crippen LogP contribution < -0.4 is 5.32 Å². The lowest BCUT2D eigenvalue weighted by Crippen LogP contribution is -2.45. The van der Waals surface area contributed by atoms with Gasteiger partial charge in [-0.1, -0.05) is 33.1 Å². The smallest absolute Gasteiger partial charge is 0.225 e. The van der Waals surface area contributed by atoms with E-state index >= 15 is 0 Å². The zero-order valence-corrected chi connectivity index (χ0v) is 13.2. The van der Waals surface area contributed by atoms with E-state index in [-0.39, 0.29) is 23.8 Å². The molecule has 3 atom stereocenters. The van der Waals surface area contributed by atoms with Gasteiger partial charge in [0.2, 0.25) is 11.8 Å². The maximum atomic E-state index is 12.3. The average molecular weight is 296 g/mol. The van der Waals surface area contributed by atoms with E-state index in [4.69, 9.17) is 0 Å². The fraction of sp³-hybridized carbons (Fsp3) is 0.875. The Morgan fingerprint density at radius 1 is 1.33 bits per heavy atom. The molecule has 1 aliphatic carbocycles. The van der Waals surface area contributed by atoms with Gasteiger partial charge >= 0.3 is 0 Å². The Labute approximate surface area is 127 Å². The van der Waals surface area contributed by atoms with Crippen LogP contribution in [-0.2, 0) is 9.59 Å². The summed E-state index contributed by atoms with van der Waals surface area (Å²) in [6.07, 6.45) is 4.65. The van der Waals surface area contributed by atoms with Gasteiger partial charge in [-0.15, -0.1) is 0 Å². The van der Waals surface area contributed by atoms with Crippen LogP contribution in [0.15, 0.2) is 0 Å². The van der Waals surface area contributed by atoms with Crippen LogP contribution in [0.2, 0.25) is 0 Å². The minimum absolute atomic E-state index is 0.0689. The first-order valence-electron chi connectivity index (χ1n) is 8.23. The van der Waals surface area contributed by atoms with Gasteiger partial charge in [-0.2, -0.15) is 0 Å².